The van der Waals surface area contributed by atoms with Gasteiger partial charge in [0.25, 0.3) is 5.91 Å². The van der Waals surface area contributed by atoms with Gasteiger partial charge in [-0.3, -0.25) is 9.59 Å². The van der Waals surface area contributed by atoms with Crippen LogP contribution < -0.4 is 5.32 Å². The van der Waals surface area contributed by atoms with Crippen LogP contribution in [0, 0.1) is 13.8 Å². The highest BCUT2D eigenvalue weighted by atomic mass is 16.5. The minimum Gasteiger partial charge on any atom is -0.455 e. The van der Waals surface area contributed by atoms with Crippen LogP contribution in [0.5, 0.6) is 0 Å². The van der Waals surface area contributed by atoms with Gasteiger partial charge in [-0.1, -0.05) is 55.0 Å². The van der Waals surface area contributed by atoms with Crippen LogP contribution >= 0.6 is 0 Å². The molecule has 4 heteroatoms. The minimum absolute atomic E-state index is 0.166. The van der Waals surface area contributed by atoms with Crippen molar-refractivity contribution in [1.29, 1.82) is 0 Å². The fraction of sp³-hybridized carbons (Fsp3) is 0.300. The lowest BCUT2D eigenvalue weighted by Gasteiger charge is -2.13. The topological polar surface area (TPSA) is 55.4 Å². The van der Waals surface area contributed by atoms with E-state index in [0.29, 0.717) is 0 Å². The standard InChI is InChI=1S/C20H23NO3/c1-4-17-10-6-8-15(3)20(17)21-18(22)13-24-19(23)12-16-9-5-7-14(2)11-16/h5-11H,4,12-13H2,1-3H3,(H,21,22). The van der Waals surface area contributed by atoms with Gasteiger partial charge in [0.2, 0.25) is 0 Å². The summed E-state index contributed by atoms with van der Waals surface area (Å²) in [5.41, 5.74) is 4.83. The molecule has 0 fully saturated rings. The molecule has 0 aliphatic heterocycles. The monoisotopic (exact) mass is 325 g/mol. The lowest BCUT2D eigenvalue weighted by atomic mass is 10.1. The molecule has 1 N–H and O–H groups in total. The number of nitrogens with one attached hydrogen (secondary N) is 1. The number of ether oxygens (including phenoxy) is 1. The summed E-state index contributed by atoms with van der Waals surface area (Å²) in [6.07, 6.45) is 0.990. The molecule has 2 rings (SSSR count). The third-order valence-electron chi connectivity index (χ3n) is 3.80. The number of anilines is 1. The van der Waals surface area contributed by atoms with Crippen molar-refractivity contribution < 1.29 is 14.3 Å². The predicted octanol–water partition coefficient (Wildman–Crippen LogP) is 3.59. The molecule has 2 aromatic carbocycles. The van der Waals surface area contributed by atoms with Crippen LogP contribution in [-0.2, 0) is 27.2 Å². The van der Waals surface area contributed by atoms with E-state index in [-0.39, 0.29) is 18.9 Å². The van der Waals surface area contributed by atoms with Crippen molar-refractivity contribution >= 4 is 17.6 Å². The number of carbonyl (C=O) groups is 2. The van der Waals surface area contributed by atoms with Crippen molar-refractivity contribution in [3.63, 3.8) is 0 Å². The molecule has 0 aliphatic rings. The largest absolute Gasteiger partial charge is 0.455 e. The molecular weight excluding hydrogens is 302 g/mol. The van der Waals surface area contributed by atoms with E-state index in [0.717, 1.165) is 34.4 Å². The average molecular weight is 325 g/mol. The molecule has 0 bridgehead atoms. The first-order valence-electron chi connectivity index (χ1n) is 8.09. The number of hydrogen-bond donors (Lipinski definition) is 1. The maximum absolute atomic E-state index is 12.1. The van der Waals surface area contributed by atoms with Gasteiger partial charge >= 0.3 is 5.97 Å². The van der Waals surface area contributed by atoms with E-state index >= 15 is 0 Å². The van der Waals surface area contributed by atoms with Crippen LogP contribution in [0.15, 0.2) is 42.5 Å². The summed E-state index contributed by atoms with van der Waals surface area (Å²) < 4.78 is 5.08. The number of para-hydroxylation sites is 1. The van der Waals surface area contributed by atoms with Gasteiger partial charge in [-0.25, -0.2) is 0 Å². The molecule has 1 amide bonds. The van der Waals surface area contributed by atoms with Crippen molar-refractivity contribution in [3.05, 3.63) is 64.7 Å². The van der Waals surface area contributed by atoms with Crippen molar-refractivity contribution in [2.24, 2.45) is 0 Å². The van der Waals surface area contributed by atoms with Gasteiger partial charge in [0.05, 0.1) is 6.42 Å². The maximum atomic E-state index is 12.1. The highest BCUT2D eigenvalue weighted by molar-refractivity contribution is 5.94. The fourth-order valence-corrected chi connectivity index (χ4v) is 2.56. The Hall–Kier alpha value is -2.62. The molecule has 0 spiro atoms. The Morgan fingerprint density at radius 2 is 1.83 bits per heavy atom. The van der Waals surface area contributed by atoms with Crippen LogP contribution in [0.4, 0.5) is 5.69 Å². The molecular formula is C20H23NO3. The number of benzene rings is 2. The number of aryl methyl sites for hydroxylation is 3. The molecule has 0 aromatic heterocycles. The molecule has 2 aromatic rings. The van der Waals surface area contributed by atoms with E-state index in [1.807, 2.05) is 63.2 Å². The Kier molecular flexibility index (Phi) is 6.13. The van der Waals surface area contributed by atoms with E-state index < -0.39 is 5.97 Å². The van der Waals surface area contributed by atoms with Crippen LogP contribution in [0.2, 0.25) is 0 Å². The maximum Gasteiger partial charge on any atom is 0.310 e. The third-order valence-corrected chi connectivity index (χ3v) is 3.80. The van der Waals surface area contributed by atoms with Gasteiger partial charge in [-0.05, 0) is 37.0 Å². The zero-order valence-electron chi connectivity index (χ0n) is 14.4. The molecule has 0 saturated heterocycles. The molecule has 126 valence electrons. The summed E-state index contributed by atoms with van der Waals surface area (Å²) >= 11 is 0. The van der Waals surface area contributed by atoms with Crippen molar-refractivity contribution in [1.82, 2.24) is 0 Å². The molecule has 0 saturated carbocycles. The first kappa shape index (κ1) is 17.7. The lowest BCUT2D eigenvalue weighted by Crippen LogP contribution is -2.22. The Morgan fingerprint density at radius 1 is 1.08 bits per heavy atom. The van der Waals surface area contributed by atoms with Crippen LogP contribution in [0.3, 0.4) is 0 Å². The third kappa shape index (κ3) is 4.95. The molecule has 0 unspecified atom stereocenters. The normalized spacial score (nSPS) is 10.3. The molecule has 0 atom stereocenters. The van der Waals surface area contributed by atoms with Gasteiger partial charge in [0.1, 0.15) is 0 Å². The number of amides is 1. The number of rotatable bonds is 6. The second-order valence-corrected chi connectivity index (χ2v) is 5.84. The second kappa shape index (κ2) is 8.29. The average Bonchev–Trinajstić information content (AvgIpc) is 2.55. The summed E-state index contributed by atoms with van der Waals surface area (Å²) in [5.74, 6) is -0.729. The molecule has 0 radical (unpaired) electrons. The van der Waals surface area contributed by atoms with Gasteiger partial charge in [0.15, 0.2) is 6.61 Å². The fourth-order valence-electron chi connectivity index (χ4n) is 2.56. The SMILES string of the molecule is CCc1cccc(C)c1NC(=O)COC(=O)Cc1cccc(C)c1. The molecule has 4 nitrogen and oxygen atoms in total. The van der Waals surface area contributed by atoms with Crippen LogP contribution in [0.1, 0.15) is 29.2 Å². The number of carbonyl (C=O) groups excluding carboxylic acids is 2. The zero-order valence-corrected chi connectivity index (χ0v) is 14.4. The van der Waals surface area contributed by atoms with Crippen LogP contribution in [0.25, 0.3) is 0 Å². The van der Waals surface area contributed by atoms with Crippen molar-refractivity contribution in [2.75, 3.05) is 11.9 Å². The van der Waals surface area contributed by atoms with Crippen LogP contribution in [-0.4, -0.2) is 18.5 Å². The zero-order chi connectivity index (χ0) is 17.5. The number of hydrogen-bond acceptors (Lipinski definition) is 3. The smallest absolute Gasteiger partial charge is 0.310 e. The summed E-state index contributed by atoms with van der Waals surface area (Å²) in [6.45, 7) is 5.67. The van der Waals surface area contributed by atoms with Gasteiger partial charge < -0.3 is 10.1 Å². The Balaban J connectivity index is 1.88. The minimum atomic E-state index is -0.406. The summed E-state index contributed by atoms with van der Waals surface area (Å²) in [7, 11) is 0. The highest BCUT2D eigenvalue weighted by Gasteiger charge is 2.11. The van der Waals surface area contributed by atoms with E-state index in [4.69, 9.17) is 4.74 Å². The van der Waals surface area contributed by atoms with Gasteiger partial charge in [0, 0.05) is 5.69 Å². The quantitative estimate of drug-likeness (QED) is 0.826. The summed E-state index contributed by atoms with van der Waals surface area (Å²) in [6, 6.07) is 13.6. The van der Waals surface area contributed by atoms with E-state index in [1.54, 1.807) is 0 Å². The summed E-state index contributed by atoms with van der Waals surface area (Å²) in [5, 5.41) is 2.84. The highest BCUT2D eigenvalue weighted by Crippen LogP contribution is 2.20. The van der Waals surface area contributed by atoms with Crippen molar-refractivity contribution in [2.45, 2.75) is 33.6 Å². The number of esters is 1. The Labute approximate surface area is 142 Å². The molecule has 0 aliphatic carbocycles. The molecule has 0 heterocycles. The summed E-state index contributed by atoms with van der Waals surface area (Å²) in [4.78, 5) is 23.9. The lowest BCUT2D eigenvalue weighted by molar-refractivity contribution is -0.146. The first-order chi connectivity index (χ1) is 11.5. The van der Waals surface area contributed by atoms with Gasteiger partial charge in [-0.2, -0.15) is 0 Å². The Morgan fingerprint density at radius 3 is 2.54 bits per heavy atom. The molecule has 24 heavy (non-hydrogen) atoms. The van der Waals surface area contributed by atoms with E-state index in [1.165, 1.54) is 0 Å². The van der Waals surface area contributed by atoms with Gasteiger partial charge in [-0.15, -0.1) is 0 Å². The first-order valence-corrected chi connectivity index (χ1v) is 8.09. The Bertz CT molecular complexity index is 737. The predicted molar refractivity (Wildman–Crippen MR) is 95.0 cm³/mol. The second-order valence-electron chi connectivity index (χ2n) is 5.84. The van der Waals surface area contributed by atoms with Crippen molar-refractivity contribution in [3.8, 4) is 0 Å². The van der Waals surface area contributed by atoms with E-state index in [2.05, 4.69) is 5.32 Å². The van der Waals surface area contributed by atoms with E-state index in [9.17, 15) is 9.59 Å².